The molecule has 0 unspecified atom stereocenters. The first-order valence-electron chi connectivity index (χ1n) is 8.38. The Morgan fingerprint density at radius 1 is 1.14 bits per heavy atom. The second kappa shape index (κ2) is 7.83. The largest absolute Gasteiger partial charge is 0.508 e. The van der Waals surface area contributed by atoms with Crippen LogP contribution >= 0.6 is 0 Å². The fraction of sp³-hybridized carbons (Fsp3) is 0.150. The molecular weight excluding hydrogens is 366 g/mol. The van der Waals surface area contributed by atoms with Gasteiger partial charge in [-0.25, -0.2) is 4.79 Å². The number of nitrogens with zero attached hydrogens (tertiary/aromatic N) is 1. The van der Waals surface area contributed by atoms with Crippen molar-refractivity contribution in [3.8, 4) is 17.2 Å². The highest BCUT2D eigenvalue weighted by atomic mass is 16.5. The molecule has 3 rings (SSSR count). The zero-order valence-electron chi connectivity index (χ0n) is 14.9. The third-order valence-corrected chi connectivity index (χ3v) is 3.92. The molecule has 2 aromatic carbocycles. The van der Waals surface area contributed by atoms with Crippen molar-refractivity contribution < 1.29 is 29.3 Å². The lowest BCUT2D eigenvalue weighted by molar-refractivity contribution is -0.142. The van der Waals surface area contributed by atoms with Crippen LogP contribution in [-0.2, 0) is 16.0 Å². The summed E-state index contributed by atoms with van der Waals surface area (Å²) in [5.41, 5.74) is 0.295. The Morgan fingerprint density at radius 3 is 2.64 bits per heavy atom. The van der Waals surface area contributed by atoms with Crippen LogP contribution in [0.3, 0.4) is 0 Å². The van der Waals surface area contributed by atoms with E-state index < -0.39 is 11.6 Å². The zero-order chi connectivity index (χ0) is 20.3. The van der Waals surface area contributed by atoms with E-state index in [0.717, 1.165) is 6.07 Å². The molecular formula is C20H17NO7. The van der Waals surface area contributed by atoms with Crippen molar-refractivity contribution in [3.05, 3.63) is 57.9 Å². The van der Waals surface area contributed by atoms with Crippen LogP contribution in [-0.4, -0.2) is 34.1 Å². The third-order valence-electron chi connectivity index (χ3n) is 3.92. The van der Waals surface area contributed by atoms with Gasteiger partial charge in [-0.1, -0.05) is 0 Å². The van der Waals surface area contributed by atoms with Gasteiger partial charge < -0.3 is 24.5 Å². The Kier molecular flexibility index (Phi) is 5.30. The van der Waals surface area contributed by atoms with E-state index in [1.807, 2.05) is 0 Å². The van der Waals surface area contributed by atoms with Gasteiger partial charge in [-0.15, -0.1) is 0 Å². The molecule has 3 N–H and O–H groups in total. The maximum Gasteiger partial charge on any atom is 0.336 e. The molecule has 0 saturated heterocycles. The SMILES string of the molecule is CCOC(=O)Cc1cc(=O)oc2cc(O)c(N=Cc3ccc(O)cc3O)cc12. The number of aromatic hydroxyl groups is 3. The molecule has 0 atom stereocenters. The number of ether oxygens (including phenoxy) is 1. The van der Waals surface area contributed by atoms with Gasteiger partial charge in [0.2, 0.25) is 0 Å². The van der Waals surface area contributed by atoms with Crippen molar-refractivity contribution in [1.29, 1.82) is 0 Å². The van der Waals surface area contributed by atoms with E-state index in [2.05, 4.69) is 4.99 Å². The summed E-state index contributed by atoms with van der Waals surface area (Å²) in [4.78, 5) is 27.7. The molecule has 3 aromatic rings. The van der Waals surface area contributed by atoms with Crippen molar-refractivity contribution in [2.45, 2.75) is 13.3 Å². The molecule has 0 radical (unpaired) electrons. The van der Waals surface area contributed by atoms with Crippen LogP contribution in [0.4, 0.5) is 5.69 Å². The molecule has 8 heteroatoms. The second-order valence-corrected chi connectivity index (χ2v) is 5.91. The summed E-state index contributed by atoms with van der Waals surface area (Å²) in [6.45, 7) is 1.89. The van der Waals surface area contributed by atoms with E-state index in [0.29, 0.717) is 16.5 Å². The molecule has 0 bridgehead atoms. The van der Waals surface area contributed by atoms with Gasteiger partial charge >= 0.3 is 11.6 Å². The topological polar surface area (TPSA) is 130 Å². The van der Waals surface area contributed by atoms with Crippen molar-refractivity contribution in [1.82, 2.24) is 0 Å². The van der Waals surface area contributed by atoms with Gasteiger partial charge in [0.25, 0.3) is 0 Å². The number of fused-ring (bicyclic) bond motifs is 1. The molecule has 0 aliphatic rings. The van der Waals surface area contributed by atoms with Crippen molar-refractivity contribution in [3.63, 3.8) is 0 Å². The van der Waals surface area contributed by atoms with Crippen LogP contribution < -0.4 is 5.63 Å². The quantitative estimate of drug-likeness (QED) is 0.351. The Morgan fingerprint density at radius 2 is 1.93 bits per heavy atom. The second-order valence-electron chi connectivity index (χ2n) is 5.91. The summed E-state index contributed by atoms with van der Waals surface area (Å²) >= 11 is 0. The molecule has 0 saturated carbocycles. The zero-order valence-corrected chi connectivity index (χ0v) is 14.9. The molecule has 144 valence electrons. The lowest BCUT2D eigenvalue weighted by Gasteiger charge is -2.07. The van der Waals surface area contributed by atoms with Crippen LogP contribution in [0.1, 0.15) is 18.1 Å². The minimum absolute atomic E-state index is 0.0955. The molecule has 0 aliphatic heterocycles. The normalized spacial score (nSPS) is 11.2. The van der Waals surface area contributed by atoms with Gasteiger partial charge in [0.15, 0.2) is 0 Å². The predicted molar refractivity (Wildman–Crippen MR) is 102 cm³/mol. The molecule has 0 aliphatic carbocycles. The van der Waals surface area contributed by atoms with Gasteiger partial charge in [0.05, 0.1) is 13.0 Å². The highest BCUT2D eigenvalue weighted by Crippen LogP contribution is 2.33. The molecule has 0 spiro atoms. The average molecular weight is 383 g/mol. The summed E-state index contributed by atoms with van der Waals surface area (Å²) in [6.07, 6.45) is 1.17. The molecule has 0 fully saturated rings. The fourth-order valence-electron chi connectivity index (χ4n) is 2.65. The molecule has 1 aromatic heterocycles. The number of hydrogen-bond donors (Lipinski definition) is 3. The Bertz CT molecular complexity index is 1130. The van der Waals surface area contributed by atoms with E-state index in [9.17, 15) is 24.9 Å². The Balaban J connectivity index is 2.05. The van der Waals surface area contributed by atoms with Crippen molar-refractivity contribution in [2.24, 2.45) is 4.99 Å². The minimum Gasteiger partial charge on any atom is -0.508 e. The number of carbonyl (C=O) groups is 1. The number of rotatable bonds is 5. The number of hydrogen-bond acceptors (Lipinski definition) is 8. The first-order chi connectivity index (χ1) is 13.4. The first-order valence-corrected chi connectivity index (χ1v) is 8.38. The van der Waals surface area contributed by atoms with Crippen LogP contribution in [0.5, 0.6) is 17.2 Å². The van der Waals surface area contributed by atoms with Gasteiger partial charge in [0, 0.05) is 35.4 Å². The first kappa shape index (κ1) is 19.0. The summed E-state index contributed by atoms with van der Waals surface area (Å²) in [5, 5.41) is 29.8. The van der Waals surface area contributed by atoms with Crippen LogP contribution in [0.25, 0.3) is 11.0 Å². The van der Waals surface area contributed by atoms with Crippen LogP contribution in [0.15, 0.2) is 50.6 Å². The maximum atomic E-state index is 11.8. The van der Waals surface area contributed by atoms with Gasteiger partial charge in [0.1, 0.15) is 28.5 Å². The predicted octanol–water partition coefficient (Wildman–Crippen LogP) is 2.77. The Labute approximate surface area is 159 Å². The van der Waals surface area contributed by atoms with Crippen LogP contribution in [0, 0.1) is 0 Å². The molecule has 28 heavy (non-hydrogen) atoms. The minimum atomic E-state index is -0.656. The molecule has 8 nitrogen and oxygen atoms in total. The number of phenolic OH excluding ortho intramolecular Hbond substituents is 3. The van der Waals surface area contributed by atoms with E-state index >= 15 is 0 Å². The number of carbonyl (C=O) groups excluding carboxylic acids is 1. The van der Waals surface area contributed by atoms with E-state index in [-0.39, 0.29) is 41.5 Å². The monoisotopic (exact) mass is 383 g/mol. The van der Waals surface area contributed by atoms with Crippen molar-refractivity contribution >= 4 is 28.8 Å². The van der Waals surface area contributed by atoms with Crippen LogP contribution in [0.2, 0.25) is 0 Å². The average Bonchev–Trinajstić information content (AvgIpc) is 2.61. The summed E-state index contributed by atoms with van der Waals surface area (Å²) in [6, 6.07) is 7.89. The Hall–Kier alpha value is -3.81. The number of benzene rings is 2. The third kappa shape index (κ3) is 4.12. The summed E-state index contributed by atoms with van der Waals surface area (Å²) in [7, 11) is 0. The highest BCUT2D eigenvalue weighted by Gasteiger charge is 2.14. The van der Waals surface area contributed by atoms with Gasteiger partial charge in [-0.05, 0) is 30.7 Å². The number of phenols is 3. The van der Waals surface area contributed by atoms with E-state index in [4.69, 9.17) is 9.15 Å². The number of esters is 1. The van der Waals surface area contributed by atoms with Gasteiger partial charge in [-0.2, -0.15) is 0 Å². The fourth-order valence-corrected chi connectivity index (χ4v) is 2.65. The smallest absolute Gasteiger partial charge is 0.336 e. The van der Waals surface area contributed by atoms with E-state index in [1.165, 1.54) is 36.5 Å². The molecule has 1 heterocycles. The highest BCUT2D eigenvalue weighted by molar-refractivity contribution is 5.91. The lowest BCUT2D eigenvalue weighted by Crippen LogP contribution is -2.10. The van der Waals surface area contributed by atoms with E-state index in [1.54, 1.807) is 6.92 Å². The summed E-state index contributed by atoms with van der Waals surface area (Å²) < 4.78 is 10.0. The lowest BCUT2D eigenvalue weighted by atomic mass is 10.1. The summed E-state index contributed by atoms with van der Waals surface area (Å²) in [5.74, 6) is -1.03. The van der Waals surface area contributed by atoms with Gasteiger partial charge in [-0.3, -0.25) is 9.79 Å². The number of aliphatic imine (C=N–C) groups is 1. The molecule has 0 amide bonds. The maximum absolute atomic E-state index is 11.8. The van der Waals surface area contributed by atoms with Crippen molar-refractivity contribution in [2.75, 3.05) is 6.61 Å². The standard InChI is InChI=1S/C20H17NO7/c1-2-27-19(25)5-12-6-20(26)28-18-9-17(24)15(8-14(12)18)21-10-11-3-4-13(22)7-16(11)23/h3-4,6-10,22-24H,2,5H2,1H3.